The first-order chi connectivity index (χ1) is 7.31. The molecule has 15 heavy (non-hydrogen) atoms. The van der Waals surface area contributed by atoms with Crippen molar-refractivity contribution in [2.24, 2.45) is 17.6 Å². The number of rotatable bonds is 2. The summed E-state index contributed by atoms with van der Waals surface area (Å²) in [5, 5.41) is 0. The molecule has 3 aliphatic rings. The first kappa shape index (κ1) is 9.86. The highest BCUT2D eigenvalue weighted by molar-refractivity contribution is 5.11. The van der Waals surface area contributed by atoms with Crippen molar-refractivity contribution in [1.29, 1.82) is 0 Å². The van der Waals surface area contributed by atoms with Gasteiger partial charge in [0, 0.05) is 12.0 Å². The number of nitrogens with two attached hydrogens (primary N) is 1. The number of ether oxygens (including phenoxy) is 1. The number of hydrogen-bond acceptors (Lipinski definition) is 2. The van der Waals surface area contributed by atoms with E-state index in [-0.39, 0.29) is 0 Å². The Morgan fingerprint density at radius 3 is 2.40 bits per heavy atom. The lowest BCUT2D eigenvalue weighted by Gasteiger charge is -2.30. The minimum atomic E-state index is 0.435. The molecular formula is C13H21NO. The molecule has 2 fully saturated rings. The van der Waals surface area contributed by atoms with Crippen LogP contribution in [0.25, 0.3) is 0 Å². The Bertz CT molecular complexity index is 255. The molecule has 3 unspecified atom stereocenters. The number of fused-ring (bicyclic) bond motifs is 2. The van der Waals surface area contributed by atoms with E-state index in [1.807, 2.05) is 0 Å². The Hall–Kier alpha value is -0.340. The van der Waals surface area contributed by atoms with Crippen LogP contribution in [0.4, 0.5) is 0 Å². The highest BCUT2D eigenvalue weighted by Gasteiger charge is 2.37. The average Bonchev–Trinajstić information content (AvgIpc) is 2.83. The highest BCUT2D eigenvalue weighted by Crippen LogP contribution is 2.41. The molecule has 2 saturated carbocycles. The largest absolute Gasteiger partial charge is 0.374 e. The van der Waals surface area contributed by atoms with Gasteiger partial charge in [0.1, 0.15) is 0 Å². The Morgan fingerprint density at radius 2 is 1.80 bits per heavy atom. The van der Waals surface area contributed by atoms with Crippen molar-refractivity contribution in [2.45, 2.75) is 56.8 Å². The van der Waals surface area contributed by atoms with Crippen LogP contribution < -0.4 is 5.73 Å². The maximum Gasteiger partial charge on any atom is 0.0647 e. The summed E-state index contributed by atoms with van der Waals surface area (Å²) in [7, 11) is 0. The van der Waals surface area contributed by atoms with Crippen molar-refractivity contribution in [3.63, 3.8) is 0 Å². The first-order valence-electron chi connectivity index (χ1n) is 6.40. The molecule has 0 heterocycles. The van der Waals surface area contributed by atoms with Crippen molar-refractivity contribution < 1.29 is 4.74 Å². The van der Waals surface area contributed by atoms with Gasteiger partial charge in [-0.05, 0) is 44.4 Å². The summed E-state index contributed by atoms with van der Waals surface area (Å²) in [5.41, 5.74) is 5.90. The van der Waals surface area contributed by atoms with Gasteiger partial charge in [-0.2, -0.15) is 0 Å². The van der Waals surface area contributed by atoms with Gasteiger partial charge >= 0.3 is 0 Å². The van der Waals surface area contributed by atoms with Gasteiger partial charge < -0.3 is 10.5 Å². The van der Waals surface area contributed by atoms with E-state index in [0.29, 0.717) is 18.2 Å². The van der Waals surface area contributed by atoms with E-state index in [0.717, 1.165) is 24.7 Å². The molecule has 0 aromatic rings. The second kappa shape index (κ2) is 3.91. The van der Waals surface area contributed by atoms with Crippen LogP contribution in [0.15, 0.2) is 12.2 Å². The predicted octanol–water partition coefficient (Wildman–Crippen LogP) is 2.24. The maximum atomic E-state index is 6.23. The Balaban J connectivity index is 1.51. The summed E-state index contributed by atoms with van der Waals surface area (Å²) in [5.74, 6) is 1.55. The van der Waals surface area contributed by atoms with Crippen molar-refractivity contribution in [3.8, 4) is 0 Å². The molecule has 3 rings (SSSR count). The maximum absolute atomic E-state index is 6.23. The zero-order chi connectivity index (χ0) is 10.3. The molecular weight excluding hydrogens is 186 g/mol. The zero-order valence-electron chi connectivity index (χ0n) is 9.27. The highest BCUT2D eigenvalue weighted by atomic mass is 16.5. The molecule has 0 aromatic carbocycles. The third-order valence-corrected chi connectivity index (χ3v) is 4.30. The molecule has 2 bridgehead atoms. The van der Waals surface area contributed by atoms with Gasteiger partial charge in [0.25, 0.3) is 0 Å². The Labute approximate surface area is 91.9 Å². The molecule has 3 atom stereocenters. The Kier molecular flexibility index (Phi) is 2.57. The molecule has 2 heteroatoms. The average molecular weight is 207 g/mol. The summed E-state index contributed by atoms with van der Waals surface area (Å²) >= 11 is 0. The van der Waals surface area contributed by atoms with Crippen LogP contribution in [0.5, 0.6) is 0 Å². The number of hydrogen-bond donors (Lipinski definition) is 1. The van der Waals surface area contributed by atoms with Crippen molar-refractivity contribution in [3.05, 3.63) is 12.2 Å². The molecule has 3 aliphatic carbocycles. The molecule has 0 amide bonds. The summed E-state index contributed by atoms with van der Waals surface area (Å²) in [6.07, 6.45) is 13.1. The van der Waals surface area contributed by atoms with Crippen LogP contribution in [-0.4, -0.2) is 18.2 Å². The van der Waals surface area contributed by atoms with Gasteiger partial charge in [0.05, 0.1) is 12.2 Å². The lowest BCUT2D eigenvalue weighted by molar-refractivity contribution is -0.0427. The van der Waals surface area contributed by atoms with Crippen LogP contribution in [0.1, 0.15) is 38.5 Å². The van der Waals surface area contributed by atoms with Crippen LogP contribution in [-0.2, 0) is 4.74 Å². The molecule has 2 nitrogen and oxygen atoms in total. The smallest absolute Gasteiger partial charge is 0.0647 e. The molecule has 0 aromatic heterocycles. The summed E-state index contributed by atoms with van der Waals surface area (Å²) in [4.78, 5) is 0. The van der Waals surface area contributed by atoms with E-state index in [1.54, 1.807) is 0 Å². The Morgan fingerprint density at radius 1 is 1.00 bits per heavy atom. The van der Waals surface area contributed by atoms with Crippen LogP contribution >= 0.6 is 0 Å². The SMILES string of the molecule is NC1CCC(OC2CC3C=CC2C3)CC1. The topological polar surface area (TPSA) is 35.2 Å². The lowest BCUT2D eigenvalue weighted by Crippen LogP contribution is -2.33. The van der Waals surface area contributed by atoms with Gasteiger partial charge in [0.15, 0.2) is 0 Å². The summed E-state index contributed by atoms with van der Waals surface area (Å²) in [6.45, 7) is 0. The van der Waals surface area contributed by atoms with E-state index in [1.165, 1.54) is 25.7 Å². The van der Waals surface area contributed by atoms with Crippen LogP contribution in [0.3, 0.4) is 0 Å². The van der Waals surface area contributed by atoms with E-state index < -0.39 is 0 Å². The minimum Gasteiger partial charge on any atom is -0.374 e. The molecule has 0 radical (unpaired) electrons. The second-order valence-corrected chi connectivity index (χ2v) is 5.49. The summed E-state index contributed by atoms with van der Waals surface area (Å²) < 4.78 is 6.23. The van der Waals surface area contributed by atoms with Gasteiger partial charge in [-0.3, -0.25) is 0 Å². The number of allylic oxidation sites excluding steroid dienone is 1. The van der Waals surface area contributed by atoms with Crippen molar-refractivity contribution >= 4 is 0 Å². The van der Waals surface area contributed by atoms with Crippen molar-refractivity contribution in [2.75, 3.05) is 0 Å². The van der Waals surface area contributed by atoms with E-state index >= 15 is 0 Å². The van der Waals surface area contributed by atoms with Gasteiger partial charge in [-0.25, -0.2) is 0 Å². The summed E-state index contributed by atoms with van der Waals surface area (Å²) in [6, 6.07) is 0.435. The predicted molar refractivity (Wildman–Crippen MR) is 60.5 cm³/mol. The quantitative estimate of drug-likeness (QED) is 0.705. The van der Waals surface area contributed by atoms with Crippen molar-refractivity contribution in [1.82, 2.24) is 0 Å². The fourth-order valence-electron chi connectivity index (χ4n) is 3.36. The van der Waals surface area contributed by atoms with Gasteiger partial charge in [0.2, 0.25) is 0 Å². The normalized spacial score (nSPS) is 48.7. The van der Waals surface area contributed by atoms with Gasteiger partial charge in [-0.15, -0.1) is 0 Å². The standard InChI is InChI=1S/C13H21NO/c14-11-3-5-12(6-4-11)15-13-8-9-1-2-10(13)7-9/h1-2,9-13H,3-8,14H2. The van der Waals surface area contributed by atoms with E-state index in [2.05, 4.69) is 12.2 Å². The third kappa shape index (κ3) is 1.98. The van der Waals surface area contributed by atoms with E-state index in [4.69, 9.17) is 10.5 Å². The first-order valence-corrected chi connectivity index (χ1v) is 6.40. The fraction of sp³-hybridized carbons (Fsp3) is 0.846. The minimum absolute atomic E-state index is 0.435. The molecule has 0 saturated heterocycles. The molecule has 2 N–H and O–H groups in total. The third-order valence-electron chi connectivity index (χ3n) is 4.30. The zero-order valence-corrected chi connectivity index (χ0v) is 9.27. The second-order valence-electron chi connectivity index (χ2n) is 5.49. The molecule has 84 valence electrons. The molecule has 0 spiro atoms. The lowest BCUT2D eigenvalue weighted by atomic mass is 9.93. The fourth-order valence-corrected chi connectivity index (χ4v) is 3.36. The van der Waals surface area contributed by atoms with Crippen LogP contribution in [0.2, 0.25) is 0 Å². The van der Waals surface area contributed by atoms with Gasteiger partial charge in [-0.1, -0.05) is 12.2 Å². The van der Waals surface area contributed by atoms with Crippen LogP contribution in [0, 0.1) is 11.8 Å². The molecule has 0 aliphatic heterocycles. The van der Waals surface area contributed by atoms with E-state index in [9.17, 15) is 0 Å². The monoisotopic (exact) mass is 207 g/mol.